The Morgan fingerprint density at radius 3 is 2.12 bits per heavy atom. The van der Waals surface area contributed by atoms with Crippen LogP contribution in [0.5, 0.6) is 5.75 Å². The van der Waals surface area contributed by atoms with Crippen LogP contribution in [-0.2, 0) is 6.54 Å². The van der Waals surface area contributed by atoms with Gasteiger partial charge in [0.25, 0.3) is 0 Å². The van der Waals surface area contributed by atoms with Crippen molar-refractivity contribution in [3.8, 4) is 5.75 Å². The van der Waals surface area contributed by atoms with Gasteiger partial charge < -0.3 is 20.5 Å². The van der Waals surface area contributed by atoms with Crippen molar-refractivity contribution in [3.63, 3.8) is 0 Å². The molecule has 6 nitrogen and oxygen atoms in total. The number of fused-ring (bicyclic) bond motifs is 1. The van der Waals surface area contributed by atoms with Crippen LogP contribution in [0.1, 0.15) is 51.7 Å². The van der Waals surface area contributed by atoms with Crippen molar-refractivity contribution in [1.29, 1.82) is 0 Å². The molecule has 1 aromatic heterocycles. The first-order valence-electron chi connectivity index (χ1n) is 10.5. The number of nitrogens with two attached hydrogens (primary N) is 1. The van der Waals surface area contributed by atoms with E-state index in [1.165, 1.54) is 6.07 Å². The summed E-state index contributed by atoms with van der Waals surface area (Å²) in [6, 6.07) is 17.3. The molecule has 4 aromatic rings. The number of carbonyl (C=O) groups is 2. The van der Waals surface area contributed by atoms with Crippen molar-refractivity contribution in [2.45, 2.75) is 26.3 Å². The van der Waals surface area contributed by atoms with E-state index in [1.54, 1.807) is 12.1 Å². The molecule has 34 heavy (non-hydrogen) atoms. The Labute approximate surface area is 194 Å². The molecule has 0 atom stereocenters. The first-order valence-corrected chi connectivity index (χ1v) is 10.5. The standard InChI is InChI=1S/C19H19NO3.C7H5F2NO/c1-12(2)18-17(19(22)23)15-10-14(21)8-9-16(15)20(18)11-13-6-4-3-5-7-13;8-5-1-4(7(10)11)2-6(9)3-5/h3-10,12,21H,11H2,1-2H3,(H,22,23);1-3H,(H2,10,11). The van der Waals surface area contributed by atoms with E-state index in [-0.39, 0.29) is 22.8 Å². The molecule has 176 valence electrons. The minimum atomic E-state index is -0.962. The van der Waals surface area contributed by atoms with Crippen molar-refractivity contribution in [1.82, 2.24) is 4.57 Å². The first kappa shape index (κ1) is 24.4. The van der Waals surface area contributed by atoms with E-state index in [4.69, 9.17) is 5.73 Å². The van der Waals surface area contributed by atoms with Gasteiger partial charge in [-0.2, -0.15) is 0 Å². The van der Waals surface area contributed by atoms with E-state index in [9.17, 15) is 28.6 Å². The second-order valence-corrected chi connectivity index (χ2v) is 8.02. The SMILES string of the molecule is CC(C)c1c(C(=O)O)c2cc(O)ccc2n1Cc1ccccc1.NC(=O)c1cc(F)cc(F)c1. The number of aromatic carboxylic acids is 1. The van der Waals surface area contributed by atoms with Crippen LogP contribution >= 0.6 is 0 Å². The van der Waals surface area contributed by atoms with E-state index in [2.05, 4.69) is 0 Å². The lowest BCUT2D eigenvalue weighted by atomic mass is 10.0. The average molecular weight is 466 g/mol. The summed E-state index contributed by atoms with van der Waals surface area (Å²) < 4.78 is 26.7. The van der Waals surface area contributed by atoms with Crippen molar-refractivity contribution in [2.75, 3.05) is 0 Å². The summed E-state index contributed by atoms with van der Waals surface area (Å²) in [5.41, 5.74) is 7.61. The van der Waals surface area contributed by atoms with Crippen molar-refractivity contribution in [2.24, 2.45) is 5.73 Å². The number of primary amides is 1. The molecule has 0 saturated carbocycles. The number of hydrogen-bond acceptors (Lipinski definition) is 3. The molecule has 4 rings (SSSR count). The fraction of sp³-hybridized carbons (Fsp3) is 0.154. The zero-order valence-corrected chi connectivity index (χ0v) is 18.6. The number of nitrogens with zero attached hydrogens (tertiary/aromatic N) is 1. The van der Waals surface area contributed by atoms with E-state index < -0.39 is 23.5 Å². The van der Waals surface area contributed by atoms with E-state index in [0.29, 0.717) is 18.0 Å². The topological polar surface area (TPSA) is 106 Å². The monoisotopic (exact) mass is 466 g/mol. The molecule has 0 aliphatic carbocycles. The Bertz CT molecular complexity index is 1330. The fourth-order valence-electron chi connectivity index (χ4n) is 3.82. The van der Waals surface area contributed by atoms with Gasteiger partial charge in [0.15, 0.2) is 0 Å². The lowest BCUT2D eigenvalue weighted by Gasteiger charge is -2.14. The molecule has 0 spiro atoms. The normalized spacial score (nSPS) is 10.7. The van der Waals surface area contributed by atoms with Gasteiger partial charge >= 0.3 is 5.97 Å². The van der Waals surface area contributed by atoms with Crippen LogP contribution in [0.3, 0.4) is 0 Å². The van der Waals surface area contributed by atoms with Crippen LogP contribution < -0.4 is 5.73 Å². The molecule has 0 unspecified atom stereocenters. The minimum absolute atomic E-state index is 0.0550. The summed E-state index contributed by atoms with van der Waals surface area (Å²) in [6.07, 6.45) is 0. The second-order valence-electron chi connectivity index (χ2n) is 8.02. The van der Waals surface area contributed by atoms with Crippen molar-refractivity contribution >= 4 is 22.8 Å². The number of aromatic nitrogens is 1. The number of phenols is 1. The summed E-state index contributed by atoms with van der Waals surface area (Å²) in [5.74, 6) is -3.29. The summed E-state index contributed by atoms with van der Waals surface area (Å²) >= 11 is 0. The Kier molecular flexibility index (Phi) is 7.31. The molecule has 0 aliphatic heterocycles. The van der Waals surface area contributed by atoms with Crippen LogP contribution in [0.25, 0.3) is 10.9 Å². The molecule has 0 fully saturated rings. The maximum Gasteiger partial charge on any atom is 0.338 e. The average Bonchev–Trinajstić information content (AvgIpc) is 3.08. The minimum Gasteiger partial charge on any atom is -0.508 e. The highest BCUT2D eigenvalue weighted by Crippen LogP contribution is 2.34. The fourth-order valence-corrected chi connectivity index (χ4v) is 3.82. The quantitative estimate of drug-likeness (QED) is 0.372. The summed E-state index contributed by atoms with van der Waals surface area (Å²) in [6.45, 7) is 4.58. The van der Waals surface area contributed by atoms with Gasteiger partial charge in [-0.25, -0.2) is 13.6 Å². The summed E-state index contributed by atoms with van der Waals surface area (Å²) in [5, 5.41) is 20.0. The highest BCUT2D eigenvalue weighted by molar-refractivity contribution is 6.05. The van der Waals surface area contributed by atoms with E-state index in [0.717, 1.165) is 28.9 Å². The molecular weight excluding hydrogens is 442 g/mol. The Balaban J connectivity index is 0.000000248. The Morgan fingerprint density at radius 1 is 0.971 bits per heavy atom. The van der Waals surface area contributed by atoms with Crippen LogP contribution in [0.15, 0.2) is 66.7 Å². The van der Waals surface area contributed by atoms with Gasteiger partial charge in [0.2, 0.25) is 5.91 Å². The molecule has 4 N–H and O–H groups in total. The number of amides is 1. The van der Waals surface area contributed by atoms with Crippen LogP contribution in [0, 0.1) is 11.6 Å². The van der Waals surface area contributed by atoms with Crippen molar-refractivity contribution in [3.05, 3.63) is 101 Å². The third-order valence-corrected chi connectivity index (χ3v) is 5.18. The largest absolute Gasteiger partial charge is 0.508 e. The molecule has 0 radical (unpaired) electrons. The number of phenolic OH excluding ortho intramolecular Hbond substituents is 1. The predicted octanol–water partition coefficient (Wildman–Crippen LogP) is 5.28. The van der Waals surface area contributed by atoms with Gasteiger partial charge in [-0.3, -0.25) is 4.79 Å². The number of carboxylic acids is 1. The number of carboxylic acid groups (broad SMARTS) is 1. The maximum absolute atomic E-state index is 12.3. The first-order chi connectivity index (χ1) is 16.1. The second kappa shape index (κ2) is 10.2. The van der Waals surface area contributed by atoms with Crippen LogP contribution in [0.2, 0.25) is 0 Å². The third kappa shape index (κ3) is 5.40. The molecule has 0 saturated heterocycles. The lowest BCUT2D eigenvalue weighted by Crippen LogP contribution is -2.11. The van der Waals surface area contributed by atoms with Gasteiger partial charge in [0.05, 0.1) is 5.56 Å². The van der Waals surface area contributed by atoms with Crippen LogP contribution in [0.4, 0.5) is 8.78 Å². The van der Waals surface area contributed by atoms with E-state index >= 15 is 0 Å². The molecule has 8 heteroatoms. The highest BCUT2D eigenvalue weighted by Gasteiger charge is 2.24. The summed E-state index contributed by atoms with van der Waals surface area (Å²) in [4.78, 5) is 22.2. The lowest BCUT2D eigenvalue weighted by molar-refractivity contribution is 0.0696. The van der Waals surface area contributed by atoms with Gasteiger partial charge in [-0.05, 0) is 41.8 Å². The Morgan fingerprint density at radius 2 is 1.59 bits per heavy atom. The predicted molar refractivity (Wildman–Crippen MR) is 125 cm³/mol. The smallest absolute Gasteiger partial charge is 0.338 e. The number of halogens is 2. The van der Waals surface area contributed by atoms with E-state index in [1.807, 2.05) is 48.7 Å². The Hall–Kier alpha value is -4.20. The van der Waals surface area contributed by atoms with Crippen molar-refractivity contribution < 1.29 is 28.6 Å². The number of hydrogen-bond donors (Lipinski definition) is 3. The van der Waals surface area contributed by atoms with Crippen LogP contribution in [-0.4, -0.2) is 26.7 Å². The number of carbonyl (C=O) groups excluding carboxylic acids is 1. The number of benzene rings is 3. The molecule has 1 heterocycles. The number of rotatable bonds is 5. The highest BCUT2D eigenvalue weighted by atomic mass is 19.1. The number of aromatic hydroxyl groups is 1. The van der Waals surface area contributed by atoms with Gasteiger partial charge in [-0.1, -0.05) is 44.2 Å². The maximum atomic E-state index is 12.3. The zero-order chi connectivity index (χ0) is 25.0. The van der Waals surface area contributed by atoms with Gasteiger partial charge in [0, 0.05) is 34.8 Å². The zero-order valence-electron chi connectivity index (χ0n) is 18.6. The molecule has 1 amide bonds. The molecule has 0 aliphatic rings. The van der Waals surface area contributed by atoms with Gasteiger partial charge in [0.1, 0.15) is 17.4 Å². The molecular formula is C26H24F2N2O4. The summed E-state index contributed by atoms with van der Waals surface area (Å²) in [7, 11) is 0. The van der Waals surface area contributed by atoms with Gasteiger partial charge in [-0.15, -0.1) is 0 Å². The molecule has 3 aromatic carbocycles. The third-order valence-electron chi connectivity index (χ3n) is 5.18. The molecule has 0 bridgehead atoms.